The molecule has 0 radical (unpaired) electrons. The van der Waals surface area contributed by atoms with Crippen LogP contribution in [0.25, 0.3) is 22.5 Å². The van der Waals surface area contributed by atoms with Gasteiger partial charge < -0.3 is 5.11 Å². The smallest absolute Gasteiger partial charge is 0.336 e. The lowest BCUT2D eigenvalue weighted by molar-refractivity contribution is 0.0697. The van der Waals surface area contributed by atoms with Crippen molar-refractivity contribution in [2.45, 2.75) is 19.9 Å². The van der Waals surface area contributed by atoms with Gasteiger partial charge in [-0.05, 0) is 29.7 Å². The van der Waals surface area contributed by atoms with E-state index in [-0.39, 0.29) is 0 Å². The molecule has 0 amide bonds. The molecule has 0 aliphatic carbocycles. The van der Waals surface area contributed by atoms with E-state index >= 15 is 0 Å². The predicted molar refractivity (Wildman–Crippen MR) is 122 cm³/mol. The minimum absolute atomic E-state index is 0.299. The molecule has 0 atom stereocenters. The summed E-state index contributed by atoms with van der Waals surface area (Å²) in [6.07, 6.45) is 4.79. The SMILES string of the molecule is C/C=C/Cc1nc(-c2ccccc2)nn1Cc1ccc(-c2ccccc2C(=O)O)cc1. The van der Waals surface area contributed by atoms with E-state index in [0.717, 1.165) is 22.5 Å². The monoisotopic (exact) mass is 409 g/mol. The zero-order chi connectivity index (χ0) is 21.6. The van der Waals surface area contributed by atoms with Crippen molar-refractivity contribution < 1.29 is 9.90 Å². The topological polar surface area (TPSA) is 68.0 Å². The van der Waals surface area contributed by atoms with Crippen LogP contribution >= 0.6 is 0 Å². The van der Waals surface area contributed by atoms with E-state index in [4.69, 9.17) is 10.1 Å². The first kappa shape index (κ1) is 20.3. The highest BCUT2D eigenvalue weighted by atomic mass is 16.4. The second-order valence-corrected chi connectivity index (χ2v) is 7.20. The summed E-state index contributed by atoms with van der Waals surface area (Å²) in [4.78, 5) is 16.3. The van der Waals surface area contributed by atoms with Crippen LogP contribution in [-0.2, 0) is 13.0 Å². The number of rotatable bonds is 7. The predicted octanol–water partition coefficient (Wildman–Crippen LogP) is 5.48. The zero-order valence-electron chi connectivity index (χ0n) is 17.3. The Morgan fingerprint density at radius 1 is 0.935 bits per heavy atom. The Balaban J connectivity index is 1.62. The van der Waals surface area contributed by atoms with E-state index in [2.05, 4.69) is 6.08 Å². The van der Waals surface area contributed by atoms with Crippen LogP contribution in [0.15, 0.2) is 91.0 Å². The van der Waals surface area contributed by atoms with Gasteiger partial charge in [0.25, 0.3) is 0 Å². The van der Waals surface area contributed by atoms with Gasteiger partial charge in [-0.3, -0.25) is 0 Å². The van der Waals surface area contributed by atoms with Crippen molar-refractivity contribution in [1.82, 2.24) is 14.8 Å². The molecule has 4 aromatic rings. The van der Waals surface area contributed by atoms with Crippen molar-refractivity contribution in [2.75, 3.05) is 0 Å². The fourth-order valence-corrected chi connectivity index (χ4v) is 3.47. The van der Waals surface area contributed by atoms with Gasteiger partial charge in [0, 0.05) is 12.0 Å². The highest BCUT2D eigenvalue weighted by molar-refractivity contribution is 5.95. The average Bonchev–Trinajstić information content (AvgIpc) is 3.21. The molecule has 3 aromatic carbocycles. The lowest BCUT2D eigenvalue weighted by Crippen LogP contribution is -2.06. The van der Waals surface area contributed by atoms with Crippen molar-refractivity contribution in [2.24, 2.45) is 0 Å². The molecule has 31 heavy (non-hydrogen) atoms. The number of aromatic carboxylic acids is 1. The highest BCUT2D eigenvalue weighted by Gasteiger charge is 2.13. The third kappa shape index (κ3) is 4.61. The molecule has 1 heterocycles. The number of hydrogen-bond donors (Lipinski definition) is 1. The molecule has 0 saturated carbocycles. The number of allylic oxidation sites excluding steroid dienone is 2. The Kier molecular flexibility index (Phi) is 6.03. The van der Waals surface area contributed by atoms with Crippen LogP contribution in [0.2, 0.25) is 0 Å². The first-order chi connectivity index (χ1) is 15.2. The maximum Gasteiger partial charge on any atom is 0.336 e. The highest BCUT2D eigenvalue weighted by Crippen LogP contribution is 2.24. The van der Waals surface area contributed by atoms with E-state index in [1.165, 1.54) is 0 Å². The molecule has 0 aliphatic rings. The molecule has 0 unspecified atom stereocenters. The number of carboxylic acids is 1. The van der Waals surface area contributed by atoms with Gasteiger partial charge in [0.05, 0.1) is 12.1 Å². The van der Waals surface area contributed by atoms with Gasteiger partial charge in [0.2, 0.25) is 0 Å². The van der Waals surface area contributed by atoms with Gasteiger partial charge in [0.15, 0.2) is 5.82 Å². The fourth-order valence-electron chi connectivity index (χ4n) is 3.47. The summed E-state index contributed by atoms with van der Waals surface area (Å²) in [5.41, 5.74) is 3.95. The van der Waals surface area contributed by atoms with Crippen LogP contribution < -0.4 is 0 Å². The lowest BCUT2D eigenvalue weighted by atomic mass is 9.99. The molecule has 0 bridgehead atoms. The third-order valence-corrected chi connectivity index (χ3v) is 5.07. The number of benzene rings is 3. The second-order valence-electron chi connectivity index (χ2n) is 7.20. The zero-order valence-corrected chi connectivity index (χ0v) is 17.3. The molecule has 4 rings (SSSR count). The third-order valence-electron chi connectivity index (χ3n) is 5.07. The number of aromatic nitrogens is 3. The fraction of sp³-hybridized carbons (Fsp3) is 0.115. The van der Waals surface area contributed by atoms with Crippen LogP contribution in [0.4, 0.5) is 0 Å². The van der Waals surface area contributed by atoms with Crippen molar-refractivity contribution in [1.29, 1.82) is 0 Å². The number of hydrogen-bond acceptors (Lipinski definition) is 3. The molecular formula is C26H23N3O2. The molecule has 1 N–H and O–H groups in total. The molecule has 0 aliphatic heterocycles. The Hall–Kier alpha value is -3.99. The Morgan fingerprint density at radius 2 is 1.65 bits per heavy atom. The molecule has 5 heteroatoms. The Labute approximate surface area is 181 Å². The van der Waals surface area contributed by atoms with E-state index in [9.17, 15) is 9.90 Å². The molecule has 5 nitrogen and oxygen atoms in total. The van der Waals surface area contributed by atoms with Crippen LogP contribution in [0, 0.1) is 0 Å². The minimum atomic E-state index is -0.927. The first-order valence-corrected chi connectivity index (χ1v) is 10.2. The maximum atomic E-state index is 11.5. The summed E-state index contributed by atoms with van der Waals surface area (Å²) in [5.74, 6) is 0.689. The summed E-state index contributed by atoms with van der Waals surface area (Å²) >= 11 is 0. The summed E-state index contributed by atoms with van der Waals surface area (Å²) in [6, 6.07) is 24.9. The maximum absolute atomic E-state index is 11.5. The summed E-state index contributed by atoms with van der Waals surface area (Å²) in [7, 11) is 0. The second kappa shape index (κ2) is 9.22. The van der Waals surface area contributed by atoms with Gasteiger partial charge in [0.1, 0.15) is 5.82 Å². The van der Waals surface area contributed by atoms with Crippen LogP contribution in [-0.4, -0.2) is 25.8 Å². The van der Waals surface area contributed by atoms with Crippen molar-refractivity contribution in [3.05, 3.63) is 108 Å². The first-order valence-electron chi connectivity index (χ1n) is 10.2. The van der Waals surface area contributed by atoms with Crippen molar-refractivity contribution in [3.63, 3.8) is 0 Å². The van der Waals surface area contributed by atoms with E-state index in [0.29, 0.717) is 29.9 Å². The molecule has 0 spiro atoms. The number of carboxylic acid groups (broad SMARTS) is 1. The average molecular weight is 409 g/mol. The molecule has 0 fully saturated rings. The quantitative estimate of drug-likeness (QED) is 0.411. The van der Waals surface area contributed by atoms with E-state index in [1.807, 2.05) is 84.4 Å². The van der Waals surface area contributed by atoms with Gasteiger partial charge in [-0.1, -0.05) is 84.9 Å². The van der Waals surface area contributed by atoms with Crippen molar-refractivity contribution in [3.8, 4) is 22.5 Å². The van der Waals surface area contributed by atoms with Crippen LogP contribution in [0.1, 0.15) is 28.7 Å². The van der Waals surface area contributed by atoms with Crippen LogP contribution in [0.3, 0.4) is 0 Å². The van der Waals surface area contributed by atoms with Gasteiger partial charge in [-0.2, -0.15) is 5.10 Å². The standard InChI is InChI=1S/C26H23N3O2/c1-2-3-13-24-27-25(21-9-5-4-6-10-21)28-29(24)18-19-14-16-20(17-15-19)22-11-7-8-12-23(22)26(30)31/h2-12,14-17H,13,18H2,1H3,(H,30,31)/b3-2+. The minimum Gasteiger partial charge on any atom is -0.478 e. The van der Waals surface area contributed by atoms with Gasteiger partial charge in [-0.15, -0.1) is 0 Å². The van der Waals surface area contributed by atoms with E-state index < -0.39 is 5.97 Å². The van der Waals surface area contributed by atoms with Gasteiger partial charge >= 0.3 is 5.97 Å². The van der Waals surface area contributed by atoms with Crippen molar-refractivity contribution >= 4 is 5.97 Å². The largest absolute Gasteiger partial charge is 0.478 e. The molecule has 0 saturated heterocycles. The molecule has 154 valence electrons. The molecule has 1 aromatic heterocycles. The summed E-state index contributed by atoms with van der Waals surface area (Å²) in [6.45, 7) is 2.58. The number of carbonyl (C=O) groups is 1. The van der Waals surface area contributed by atoms with E-state index in [1.54, 1.807) is 12.1 Å². The summed E-state index contributed by atoms with van der Waals surface area (Å²) < 4.78 is 1.93. The lowest BCUT2D eigenvalue weighted by Gasteiger charge is -2.08. The molecular weight excluding hydrogens is 386 g/mol. The summed E-state index contributed by atoms with van der Waals surface area (Å²) in [5, 5.41) is 14.2. The van der Waals surface area contributed by atoms with Crippen LogP contribution in [0.5, 0.6) is 0 Å². The Morgan fingerprint density at radius 3 is 2.35 bits per heavy atom. The Bertz CT molecular complexity index is 1210. The number of nitrogens with zero attached hydrogens (tertiary/aromatic N) is 3. The van der Waals surface area contributed by atoms with Gasteiger partial charge in [-0.25, -0.2) is 14.5 Å². The normalized spacial score (nSPS) is 11.1.